The third kappa shape index (κ3) is 5.08. The summed E-state index contributed by atoms with van der Waals surface area (Å²) in [5, 5.41) is 2.89. The first kappa shape index (κ1) is 18.9. The molecule has 1 fully saturated rings. The molecule has 2 heterocycles. The van der Waals surface area contributed by atoms with Crippen molar-refractivity contribution in [2.75, 3.05) is 19.8 Å². The maximum Gasteiger partial charge on any atom is 0.268 e. The number of benzene rings is 1. The minimum absolute atomic E-state index is 0.0353. The molecule has 0 bridgehead atoms. The molecule has 6 heteroatoms. The van der Waals surface area contributed by atoms with E-state index in [1.54, 1.807) is 24.4 Å². The molecule has 0 radical (unpaired) electrons. The van der Waals surface area contributed by atoms with Crippen LogP contribution in [-0.4, -0.2) is 36.3 Å². The smallest absolute Gasteiger partial charge is 0.268 e. The molecule has 0 saturated carbocycles. The van der Waals surface area contributed by atoms with Gasteiger partial charge in [-0.05, 0) is 49.6 Å². The van der Waals surface area contributed by atoms with Gasteiger partial charge in [0.25, 0.3) is 11.5 Å². The van der Waals surface area contributed by atoms with E-state index in [1.165, 1.54) is 10.6 Å². The first-order chi connectivity index (χ1) is 13.2. The van der Waals surface area contributed by atoms with E-state index >= 15 is 0 Å². The molecule has 1 atom stereocenters. The Morgan fingerprint density at radius 1 is 1.30 bits per heavy atom. The molecule has 27 heavy (non-hydrogen) atoms. The monoisotopic (exact) mass is 368 g/mol. The van der Waals surface area contributed by atoms with Crippen molar-refractivity contribution in [1.29, 1.82) is 0 Å². The minimum Gasteiger partial charge on any atom is -0.494 e. The highest BCUT2D eigenvalue weighted by molar-refractivity contribution is 6.18. The Labute approximate surface area is 158 Å². The van der Waals surface area contributed by atoms with Gasteiger partial charge >= 0.3 is 0 Å². The van der Waals surface area contributed by atoms with Crippen molar-refractivity contribution >= 4 is 17.7 Å². The van der Waals surface area contributed by atoms with Gasteiger partial charge in [-0.3, -0.25) is 14.2 Å². The zero-order valence-corrected chi connectivity index (χ0v) is 15.4. The van der Waals surface area contributed by atoms with Gasteiger partial charge in [0.1, 0.15) is 11.4 Å². The number of carbonyl (C=O) groups is 1. The Morgan fingerprint density at radius 3 is 2.78 bits per heavy atom. The lowest BCUT2D eigenvalue weighted by Gasteiger charge is -2.14. The number of carbonyl (C=O) groups excluding carboxylic acids is 1. The van der Waals surface area contributed by atoms with Gasteiger partial charge in [0.05, 0.1) is 12.7 Å². The van der Waals surface area contributed by atoms with Crippen LogP contribution in [0.3, 0.4) is 0 Å². The second kappa shape index (κ2) is 9.19. The number of pyridine rings is 1. The van der Waals surface area contributed by atoms with Crippen LogP contribution in [0.5, 0.6) is 5.75 Å². The number of hydrogen-bond donors (Lipinski definition) is 1. The molecule has 2 aromatic rings. The normalized spacial score (nSPS) is 16.9. The van der Waals surface area contributed by atoms with E-state index < -0.39 is 0 Å². The first-order valence-corrected chi connectivity index (χ1v) is 9.20. The average Bonchev–Trinajstić information content (AvgIpc) is 3.20. The fourth-order valence-corrected chi connectivity index (χ4v) is 2.96. The van der Waals surface area contributed by atoms with Crippen molar-refractivity contribution < 1.29 is 14.3 Å². The third-order valence-electron chi connectivity index (χ3n) is 4.32. The summed E-state index contributed by atoms with van der Waals surface area (Å²) >= 11 is 0. The zero-order chi connectivity index (χ0) is 19.1. The van der Waals surface area contributed by atoms with E-state index in [1.807, 2.05) is 31.2 Å². The topological polar surface area (TPSA) is 69.6 Å². The van der Waals surface area contributed by atoms with Gasteiger partial charge in [-0.25, -0.2) is 0 Å². The van der Waals surface area contributed by atoms with Gasteiger partial charge in [-0.2, -0.15) is 0 Å². The van der Waals surface area contributed by atoms with E-state index in [2.05, 4.69) is 5.32 Å². The molecule has 1 amide bonds. The number of hydrogen-bond acceptors (Lipinski definition) is 4. The Kier molecular flexibility index (Phi) is 6.44. The molecule has 1 aliphatic heterocycles. The highest BCUT2D eigenvalue weighted by Crippen LogP contribution is 2.16. The predicted octanol–water partition coefficient (Wildman–Crippen LogP) is 2.54. The van der Waals surface area contributed by atoms with Gasteiger partial charge in [0.2, 0.25) is 0 Å². The van der Waals surface area contributed by atoms with Crippen molar-refractivity contribution in [3.63, 3.8) is 0 Å². The molecule has 0 spiro atoms. The Hall–Kier alpha value is -2.86. The standard InChI is InChI=1S/C21H24N2O4/c1-2-26-17-10-8-16(9-11-17)14-19(23-12-4-3-7-20(23)24)21(25)22-15-18-6-5-13-27-18/h3-4,7-12,14,18H,2,5-6,13,15H2,1H3,(H,22,25)/b19-14+/t18-/m1/s1. The van der Waals surface area contributed by atoms with Crippen molar-refractivity contribution in [3.8, 4) is 5.75 Å². The maximum atomic E-state index is 12.8. The summed E-state index contributed by atoms with van der Waals surface area (Å²) in [6.07, 6.45) is 5.26. The Bertz CT molecular complexity index is 849. The lowest BCUT2D eigenvalue weighted by Crippen LogP contribution is -2.35. The summed E-state index contributed by atoms with van der Waals surface area (Å²) in [6.45, 7) is 3.67. The minimum atomic E-state index is -0.312. The SMILES string of the molecule is CCOc1ccc(/C=C(\C(=O)NC[C@H]2CCCO2)n2ccccc2=O)cc1. The summed E-state index contributed by atoms with van der Waals surface area (Å²) < 4.78 is 12.3. The molecule has 1 N–H and O–H groups in total. The van der Waals surface area contributed by atoms with Crippen LogP contribution in [0.4, 0.5) is 0 Å². The highest BCUT2D eigenvalue weighted by Gasteiger charge is 2.19. The molecule has 0 unspecified atom stereocenters. The van der Waals surface area contributed by atoms with Crippen LogP contribution in [0.15, 0.2) is 53.5 Å². The molecule has 6 nitrogen and oxygen atoms in total. The quantitative estimate of drug-likeness (QED) is 0.763. The van der Waals surface area contributed by atoms with Crippen LogP contribution < -0.4 is 15.6 Å². The molecule has 1 aromatic carbocycles. The second-order valence-electron chi connectivity index (χ2n) is 6.29. The summed E-state index contributed by atoms with van der Waals surface area (Å²) in [5.41, 5.74) is 0.807. The zero-order valence-electron chi connectivity index (χ0n) is 15.4. The van der Waals surface area contributed by atoms with E-state index in [9.17, 15) is 9.59 Å². The van der Waals surface area contributed by atoms with Crippen molar-refractivity contribution in [3.05, 3.63) is 64.6 Å². The molecule has 1 aromatic heterocycles. The Balaban J connectivity index is 1.85. The summed E-state index contributed by atoms with van der Waals surface area (Å²) in [7, 11) is 0. The molecule has 1 saturated heterocycles. The van der Waals surface area contributed by atoms with E-state index in [-0.39, 0.29) is 23.3 Å². The number of nitrogens with zero attached hydrogens (tertiary/aromatic N) is 1. The second-order valence-corrected chi connectivity index (χ2v) is 6.29. The van der Waals surface area contributed by atoms with Crippen molar-refractivity contribution in [1.82, 2.24) is 9.88 Å². The molecular formula is C21H24N2O4. The summed E-state index contributed by atoms with van der Waals surface area (Å²) in [5.74, 6) is 0.448. The summed E-state index contributed by atoms with van der Waals surface area (Å²) in [6, 6.07) is 12.2. The molecule has 1 aliphatic rings. The van der Waals surface area contributed by atoms with Crippen LogP contribution in [0, 0.1) is 0 Å². The maximum absolute atomic E-state index is 12.8. The van der Waals surface area contributed by atoms with E-state index in [0.29, 0.717) is 13.2 Å². The van der Waals surface area contributed by atoms with Crippen LogP contribution in [0.1, 0.15) is 25.3 Å². The van der Waals surface area contributed by atoms with Gasteiger partial charge in [0.15, 0.2) is 0 Å². The lowest BCUT2D eigenvalue weighted by atomic mass is 10.1. The van der Waals surface area contributed by atoms with Gasteiger partial charge < -0.3 is 14.8 Å². The number of ether oxygens (including phenoxy) is 2. The van der Waals surface area contributed by atoms with E-state index in [4.69, 9.17) is 9.47 Å². The molecule has 142 valence electrons. The largest absolute Gasteiger partial charge is 0.494 e. The Morgan fingerprint density at radius 2 is 2.11 bits per heavy atom. The van der Waals surface area contributed by atoms with Crippen LogP contribution >= 0.6 is 0 Å². The first-order valence-electron chi connectivity index (χ1n) is 9.20. The number of amides is 1. The lowest BCUT2D eigenvalue weighted by molar-refractivity contribution is -0.116. The van der Waals surface area contributed by atoms with E-state index in [0.717, 1.165) is 30.8 Å². The van der Waals surface area contributed by atoms with Crippen LogP contribution in [-0.2, 0) is 9.53 Å². The van der Waals surface area contributed by atoms with Gasteiger partial charge in [0, 0.05) is 25.4 Å². The number of rotatable bonds is 7. The predicted molar refractivity (Wildman–Crippen MR) is 104 cm³/mol. The van der Waals surface area contributed by atoms with Gasteiger partial charge in [-0.1, -0.05) is 18.2 Å². The molecule has 0 aliphatic carbocycles. The third-order valence-corrected chi connectivity index (χ3v) is 4.32. The van der Waals surface area contributed by atoms with Crippen LogP contribution in [0.2, 0.25) is 0 Å². The molecule has 3 rings (SSSR count). The summed E-state index contributed by atoms with van der Waals surface area (Å²) in [4.78, 5) is 25.1. The number of aromatic nitrogens is 1. The van der Waals surface area contributed by atoms with Crippen molar-refractivity contribution in [2.45, 2.75) is 25.9 Å². The van der Waals surface area contributed by atoms with Gasteiger partial charge in [-0.15, -0.1) is 0 Å². The average molecular weight is 368 g/mol. The molecular weight excluding hydrogens is 344 g/mol. The fourth-order valence-electron chi connectivity index (χ4n) is 2.96. The fraction of sp³-hybridized carbons (Fsp3) is 0.333. The van der Waals surface area contributed by atoms with Crippen LogP contribution in [0.25, 0.3) is 11.8 Å². The highest BCUT2D eigenvalue weighted by atomic mass is 16.5. The number of nitrogens with one attached hydrogen (secondary N) is 1. The van der Waals surface area contributed by atoms with Crippen molar-refractivity contribution in [2.24, 2.45) is 0 Å².